The number of hydrogen-bond acceptors (Lipinski definition) is 7. The first-order valence-corrected chi connectivity index (χ1v) is 9.79. The average Bonchev–Trinajstić information content (AvgIpc) is 3.31. The van der Waals surface area contributed by atoms with Gasteiger partial charge in [-0.25, -0.2) is 0 Å². The zero-order valence-electron chi connectivity index (χ0n) is 14.2. The Kier molecular flexibility index (Phi) is 4.85. The first-order chi connectivity index (χ1) is 12.2. The summed E-state index contributed by atoms with van der Waals surface area (Å²) in [5, 5.41) is 9.98. The summed E-state index contributed by atoms with van der Waals surface area (Å²) in [5.74, 6) is 0.363. The lowest BCUT2D eigenvalue weighted by Crippen LogP contribution is -2.48. The molecule has 2 amide bonds. The fourth-order valence-electron chi connectivity index (χ4n) is 3.69. The molecule has 1 atom stereocenters. The van der Waals surface area contributed by atoms with Gasteiger partial charge in [-0.15, -0.1) is 10.2 Å². The highest BCUT2D eigenvalue weighted by Gasteiger charge is 2.32. The van der Waals surface area contributed by atoms with Crippen LogP contribution in [0.25, 0.3) is 0 Å². The number of aromatic nitrogens is 2. The van der Waals surface area contributed by atoms with Gasteiger partial charge >= 0.3 is 0 Å². The molecule has 3 saturated heterocycles. The maximum Gasteiger partial charge on any atom is 0.228 e. The molecule has 1 aromatic rings. The minimum absolute atomic E-state index is 0.00705. The van der Waals surface area contributed by atoms with Gasteiger partial charge in [-0.1, -0.05) is 11.3 Å². The molecule has 0 radical (unpaired) electrons. The number of morpholine rings is 1. The number of carbonyl (C=O) groups is 2. The van der Waals surface area contributed by atoms with Gasteiger partial charge in [0, 0.05) is 39.1 Å². The van der Waals surface area contributed by atoms with Gasteiger partial charge in [0.1, 0.15) is 0 Å². The molecule has 1 unspecified atom stereocenters. The van der Waals surface area contributed by atoms with Crippen LogP contribution in [0.3, 0.4) is 0 Å². The molecule has 0 N–H and O–H groups in total. The Morgan fingerprint density at radius 2 is 1.88 bits per heavy atom. The number of hydrogen-bond donors (Lipinski definition) is 0. The summed E-state index contributed by atoms with van der Waals surface area (Å²) >= 11 is 1.45. The van der Waals surface area contributed by atoms with Crippen LogP contribution in [-0.4, -0.2) is 72.8 Å². The van der Waals surface area contributed by atoms with E-state index in [-0.39, 0.29) is 17.7 Å². The van der Waals surface area contributed by atoms with Gasteiger partial charge in [-0.3, -0.25) is 14.5 Å². The number of anilines is 2. The fourth-order valence-corrected chi connectivity index (χ4v) is 4.61. The lowest BCUT2D eigenvalue weighted by atomic mass is 9.96. The monoisotopic (exact) mass is 365 g/mol. The number of carbonyl (C=O) groups excluding carboxylic acids is 2. The molecular weight excluding hydrogens is 342 g/mol. The lowest BCUT2D eigenvalue weighted by Gasteiger charge is -2.35. The van der Waals surface area contributed by atoms with Crippen molar-refractivity contribution in [3.8, 4) is 0 Å². The summed E-state index contributed by atoms with van der Waals surface area (Å²) in [6.45, 7) is 4.93. The van der Waals surface area contributed by atoms with Crippen molar-refractivity contribution in [1.82, 2.24) is 15.1 Å². The number of rotatable bonds is 3. The van der Waals surface area contributed by atoms with Crippen LogP contribution in [0.1, 0.15) is 25.7 Å². The average molecular weight is 365 g/mol. The summed E-state index contributed by atoms with van der Waals surface area (Å²) in [4.78, 5) is 30.4. The quantitative estimate of drug-likeness (QED) is 0.786. The highest BCUT2D eigenvalue weighted by molar-refractivity contribution is 7.19. The molecular formula is C16H23N5O3S. The van der Waals surface area contributed by atoms with E-state index in [9.17, 15) is 9.59 Å². The summed E-state index contributed by atoms with van der Waals surface area (Å²) in [6.07, 6.45) is 3.36. The highest BCUT2D eigenvalue weighted by Crippen LogP contribution is 2.32. The molecule has 4 rings (SSSR count). The summed E-state index contributed by atoms with van der Waals surface area (Å²) < 4.78 is 5.33. The van der Waals surface area contributed by atoms with Gasteiger partial charge in [0.05, 0.1) is 19.1 Å². The van der Waals surface area contributed by atoms with Crippen LogP contribution in [0.5, 0.6) is 0 Å². The number of ether oxygens (including phenoxy) is 1. The second kappa shape index (κ2) is 7.25. The molecule has 0 spiro atoms. The second-order valence-corrected chi connectivity index (χ2v) is 7.67. The molecule has 0 bridgehead atoms. The van der Waals surface area contributed by atoms with Crippen molar-refractivity contribution in [2.45, 2.75) is 25.7 Å². The lowest BCUT2D eigenvalue weighted by molar-refractivity contribution is -0.139. The van der Waals surface area contributed by atoms with Crippen LogP contribution in [-0.2, 0) is 14.3 Å². The molecule has 3 aliphatic heterocycles. The van der Waals surface area contributed by atoms with Gasteiger partial charge < -0.3 is 14.5 Å². The second-order valence-electron chi connectivity index (χ2n) is 6.74. The van der Waals surface area contributed by atoms with E-state index in [0.717, 1.165) is 37.5 Å². The molecule has 8 nitrogen and oxygen atoms in total. The first-order valence-electron chi connectivity index (χ1n) is 8.98. The molecule has 9 heteroatoms. The molecule has 0 aromatic carbocycles. The predicted molar refractivity (Wildman–Crippen MR) is 93.8 cm³/mol. The fraction of sp³-hybridized carbons (Fsp3) is 0.750. The molecule has 3 aliphatic rings. The van der Waals surface area contributed by atoms with Crippen molar-refractivity contribution in [2.75, 3.05) is 55.7 Å². The topological polar surface area (TPSA) is 78.9 Å². The predicted octanol–water partition coefficient (Wildman–Crippen LogP) is 0.740. The Hall–Kier alpha value is -1.74. The Morgan fingerprint density at radius 3 is 2.64 bits per heavy atom. The van der Waals surface area contributed by atoms with E-state index in [0.29, 0.717) is 44.4 Å². The van der Waals surface area contributed by atoms with E-state index in [1.54, 1.807) is 4.90 Å². The SMILES string of the molecule is O=C(C1CCCN(c2nnc(N3CCCC3=O)s2)C1)N1CCOCC1. The summed E-state index contributed by atoms with van der Waals surface area (Å²) in [6, 6.07) is 0. The Bertz CT molecular complexity index is 645. The molecule has 136 valence electrons. The standard InChI is InChI=1S/C16H23N5O3S/c22-13-4-2-6-21(13)16-18-17-15(25-16)20-5-1-3-12(11-20)14(23)19-7-9-24-10-8-19/h12H,1-11H2. The minimum Gasteiger partial charge on any atom is -0.378 e. The van der Waals surface area contributed by atoms with Gasteiger partial charge in [-0.05, 0) is 19.3 Å². The summed E-state index contributed by atoms with van der Waals surface area (Å²) in [7, 11) is 0. The van der Waals surface area contributed by atoms with E-state index in [2.05, 4.69) is 15.1 Å². The maximum atomic E-state index is 12.7. The van der Waals surface area contributed by atoms with Crippen molar-refractivity contribution in [3.05, 3.63) is 0 Å². The van der Waals surface area contributed by atoms with Gasteiger partial charge in [0.25, 0.3) is 0 Å². The maximum absolute atomic E-state index is 12.7. The third-order valence-corrected chi connectivity index (χ3v) is 6.08. The van der Waals surface area contributed by atoms with Crippen LogP contribution >= 0.6 is 11.3 Å². The zero-order chi connectivity index (χ0) is 17.2. The third-order valence-electron chi connectivity index (χ3n) is 5.07. The molecule has 1 aromatic heterocycles. The normalized spacial score (nSPS) is 24.9. The molecule has 0 aliphatic carbocycles. The molecule has 3 fully saturated rings. The Morgan fingerprint density at radius 1 is 1.08 bits per heavy atom. The largest absolute Gasteiger partial charge is 0.378 e. The Balaban J connectivity index is 1.41. The molecule has 25 heavy (non-hydrogen) atoms. The number of piperidine rings is 1. The van der Waals surface area contributed by atoms with E-state index in [4.69, 9.17) is 4.74 Å². The summed E-state index contributed by atoms with van der Waals surface area (Å²) in [5.41, 5.74) is 0. The van der Waals surface area contributed by atoms with E-state index in [1.165, 1.54) is 11.3 Å². The van der Waals surface area contributed by atoms with E-state index in [1.807, 2.05) is 4.90 Å². The van der Waals surface area contributed by atoms with Gasteiger partial charge in [-0.2, -0.15) is 0 Å². The van der Waals surface area contributed by atoms with Crippen molar-refractivity contribution in [3.63, 3.8) is 0 Å². The first kappa shape index (κ1) is 16.7. The molecule has 4 heterocycles. The zero-order valence-corrected chi connectivity index (χ0v) is 15.0. The number of nitrogens with zero attached hydrogens (tertiary/aromatic N) is 5. The smallest absolute Gasteiger partial charge is 0.228 e. The van der Waals surface area contributed by atoms with Crippen molar-refractivity contribution in [1.29, 1.82) is 0 Å². The van der Waals surface area contributed by atoms with Gasteiger partial charge in [0.2, 0.25) is 22.1 Å². The van der Waals surface area contributed by atoms with Crippen molar-refractivity contribution < 1.29 is 14.3 Å². The molecule has 0 saturated carbocycles. The van der Waals surface area contributed by atoms with E-state index < -0.39 is 0 Å². The third kappa shape index (κ3) is 3.48. The van der Waals surface area contributed by atoms with Crippen LogP contribution in [0.4, 0.5) is 10.3 Å². The van der Waals surface area contributed by atoms with E-state index >= 15 is 0 Å². The van der Waals surface area contributed by atoms with Crippen LogP contribution < -0.4 is 9.80 Å². The number of amides is 2. The van der Waals surface area contributed by atoms with Crippen LogP contribution in [0.2, 0.25) is 0 Å². The Labute approximate surface area is 150 Å². The highest BCUT2D eigenvalue weighted by atomic mass is 32.1. The van der Waals surface area contributed by atoms with Crippen LogP contribution in [0.15, 0.2) is 0 Å². The van der Waals surface area contributed by atoms with Crippen LogP contribution in [0, 0.1) is 5.92 Å². The van der Waals surface area contributed by atoms with Crippen molar-refractivity contribution in [2.24, 2.45) is 5.92 Å². The van der Waals surface area contributed by atoms with Crippen molar-refractivity contribution >= 4 is 33.4 Å². The van der Waals surface area contributed by atoms with Gasteiger partial charge in [0.15, 0.2) is 0 Å². The minimum atomic E-state index is 0.00705.